The molecule has 0 aliphatic heterocycles. The molecule has 0 aromatic heterocycles. The van der Waals surface area contributed by atoms with Crippen molar-refractivity contribution in [3.05, 3.63) is 95.6 Å². The number of esters is 1. The monoisotopic (exact) mass is 500 g/mol. The molecule has 1 atom stereocenters. The molecule has 0 heterocycles. The second-order valence-corrected chi connectivity index (χ2v) is 8.79. The van der Waals surface area contributed by atoms with E-state index in [4.69, 9.17) is 15.2 Å². The van der Waals surface area contributed by atoms with E-state index in [1.54, 1.807) is 7.05 Å². The van der Waals surface area contributed by atoms with Crippen LogP contribution in [0.2, 0.25) is 0 Å². The lowest BCUT2D eigenvalue weighted by Crippen LogP contribution is -2.43. The SMILES string of the molecule is CN=C(N)NCCC[C@@H](NC(=O)OCC1c2ccccc2-c2ccccc21)C(=O)OCc1ccccc1. The number of alkyl carbamates (subject to hydrolysis) is 1. The van der Waals surface area contributed by atoms with Crippen LogP contribution in [0.15, 0.2) is 83.9 Å². The van der Waals surface area contributed by atoms with Crippen LogP contribution in [0.3, 0.4) is 0 Å². The number of fused-ring (bicyclic) bond motifs is 3. The van der Waals surface area contributed by atoms with Gasteiger partial charge in [0.2, 0.25) is 0 Å². The summed E-state index contributed by atoms with van der Waals surface area (Å²) >= 11 is 0. The van der Waals surface area contributed by atoms with Crippen molar-refractivity contribution in [3.8, 4) is 11.1 Å². The van der Waals surface area contributed by atoms with E-state index in [1.807, 2.05) is 54.6 Å². The van der Waals surface area contributed by atoms with E-state index >= 15 is 0 Å². The van der Waals surface area contributed by atoms with Crippen molar-refractivity contribution in [1.29, 1.82) is 0 Å². The van der Waals surface area contributed by atoms with Crippen LogP contribution in [0.1, 0.15) is 35.4 Å². The lowest BCUT2D eigenvalue weighted by molar-refractivity contribution is -0.147. The van der Waals surface area contributed by atoms with E-state index in [1.165, 1.54) is 0 Å². The Kier molecular flexibility index (Phi) is 8.75. The van der Waals surface area contributed by atoms with E-state index in [2.05, 4.69) is 39.9 Å². The Labute approximate surface area is 216 Å². The lowest BCUT2D eigenvalue weighted by atomic mass is 9.98. The first-order valence-corrected chi connectivity index (χ1v) is 12.3. The van der Waals surface area contributed by atoms with Gasteiger partial charge < -0.3 is 25.8 Å². The number of hydrogen-bond acceptors (Lipinski definition) is 5. The molecule has 4 N–H and O–H groups in total. The Morgan fingerprint density at radius 2 is 1.54 bits per heavy atom. The molecule has 8 heteroatoms. The average Bonchev–Trinajstić information content (AvgIpc) is 3.26. The Bertz CT molecular complexity index is 1200. The zero-order valence-corrected chi connectivity index (χ0v) is 20.9. The largest absolute Gasteiger partial charge is 0.459 e. The summed E-state index contributed by atoms with van der Waals surface area (Å²) in [6.07, 6.45) is 0.249. The van der Waals surface area contributed by atoms with Gasteiger partial charge in [-0.15, -0.1) is 0 Å². The zero-order valence-electron chi connectivity index (χ0n) is 20.9. The van der Waals surface area contributed by atoms with Crippen LogP contribution in [-0.2, 0) is 20.9 Å². The molecule has 0 bridgehead atoms. The summed E-state index contributed by atoms with van der Waals surface area (Å²) in [5.41, 5.74) is 11.1. The third kappa shape index (κ3) is 6.67. The molecule has 192 valence electrons. The summed E-state index contributed by atoms with van der Waals surface area (Å²) in [5, 5.41) is 5.65. The highest BCUT2D eigenvalue weighted by Crippen LogP contribution is 2.44. The van der Waals surface area contributed by atoms with E-state index in [-0.39, 0.29) is 19.1 Å². The number of ether oxygens (including phenoxy) is 2. The van der Waals surface area contributed by atoms with Crippen molar-refractivity contribution in [2.24, 2.45) is 10.7 Å². The maximum Gasteiger partial charge on any atom is 0.407 e. The molecule has 1 aliphatic rings. The first kappa shape index (κ1) is 25.8. The van der Waals surface area contributed by atoms with E-state index in [0.29, 0.717) is 25.3 Å². The molecule has 37 heavy (non-hydrogen) atoms. The molecular formula is C29H32N4O4. The van der Waals surface area contributed by atoms with Crippen LogP contribution in [0, 0.1) is 0 Å². The number of hydrogen-bond donors (Lipinski definition) is 3. The van der Waals surface area contributed by atoms with Crippen molar-refractivity contribution >= 4 is 18.0 Å². The van der Waals surface area contributed by atoms with Gasteiger partial charge in [0, 0.05) is 19.5 Å². The van der Waals surface area contributed by atoms with Gasteiger partial charge >= 0.3 is 12.1 Å². The average molecular weight is 501 g/mol. The molecular weight excluding hydrogens is 468 g/mol. The molecule has 3 aromatic carbocycles. The molecule has 0 spiro atoms. The fourth-order valence-corrected chi connectivity index (χ4v) is 4.46. The number of amides is 1. The molecule has 4 rings (SSSR count). The molecule has 0 fully saturated rings. The zero-order chi connectivity index (χ0) is 26.0. The fraction of sp³-hybridized carbons (Fsp3) is 0.276. The number of benzene rings is 3. The van der Waals surface area contributed by atoms with Crippen molar-refractivity contribution in [2.75, 3.05) is 20.2 Å². The van der Waals surface area contributed by atoms with Crippen LogP contribution in [0.25, 0.3) is 11.1 Å². The van der Waals surface area contributed by atoms with Gasteiger partial charge in [0.05, 0.1) is 0 Å². The van der Waals surface area contributed by atoms with Gasteiger partial charge in [0.25, 0.3) is 0 Å². The second kappa shape index (κ2) is 12.6. The van der Waals surface area contributed by atoms with Gasteiger partial charge in [0.15, 0.2) is 5.96 Å². The van der Waals surface area contributed by atoms with Crippen LogP contribution in [-0.4, -0.2) is 44.3 Å². The van der Waals surface area contributed by atoms with Gasteiger partial charge in [0.1, 0.15) is 19.3 Å². The van der Waals surface area contributed by atoms with Gasteiger partial charge in [-0.3, -0.25) is 4.99 Å². The number of aliphatic imine (C=N–C) groups is 1. The number of nitrogens with one attached hydrogen (secondary N) is 2. The first-order chi connectivity index (χ1) is 18.1. The van der Waals surface area contributed by atoms with Crippen molar-refractivity contribution < 1.29 is 19.1 Å². The van der Waals surface area contributed by atoms with E-state index in [9.17, 15) is 9.59 Å². The minimum Gasteiger partial charge on any atom is -0.459 e. The summed E-state index contributed by atoms with van der Waals surface area (Å²) in [7, 11) is 1.59. The number of rotatable bonds is 10. The number of guanidine groups is 1. The Morgan fingerprint density at radius 3 is 2.19 bits per heavy atom. The Hall–Kier alpha value is -4.33. The van der Waals surface area contributed by atoms with Crippen LogP contribution < -0.4 is 16.4 Å². The molecule has 1 amide bonds. The molecule has 0 radical (unpaired) electrons. The minimum absolute atomic E-state index is 0.0675. The van der Waals surface area contributed by atoms with Crippen LogP contribution >= 0.6 is 0 Å². The van der Waals surface area contributed by atoms with Gasteiger partial charge in [-0.25, -0.2) is 9.59 Å². The normalized spacial score (nSPS) is 13.3. The highest BCUT2D eigenvalue weighted by molar-refractivity contribution is 5.82. The number of nitrogens with zero attached hydrogens (tertiary/aromatic N) is 1. The predicted molar refractivity (Wildman–Crippen MR) is 143 cm³/mol. The van der Waals surface area contributed by atoms with E-state index in [0.717, 1.165) is 27.8 Å². The summed E-state index contributed by atoms with van der Waals surface area (Å²) in [4.78, 5) is 29.5. The summed E-state index contributed by atoms with van der Waals surface area (Å²) in [5.74, 6) is -0.274. The van der Waals surface area contributed by atoms with Crippen molar-refractivity contribution in [3.63, 3.8) is 0 Å². The molecule has 0 saturated heterocycles. The molecule has 3 aromatic rings. The first-order valence-electron chi connectivity index (χ1n) is 12.3. The maximum atomic E-state index is 12.9. The summed E-state index contributed by atoms with van der Waals surface area (Å²) in [6.45, 7) is 0.783. The van der Waals surface area contributed by atoms with Crippen molar-refractivity contribution in [1.82, 2.24) is 10.6 Å². The smallest absolute Gasteiger partial charge is 0.407 e. The Morgan fingerprint density at radius 1 is 0.919 bits per heavy atom. The van der Waals surface area contributed by atoms with Crippen molar-refractivity contribution in [2.45, 2.75) is 31.4 Å². The lowest BCUT2D eigenvalue weighted by Gasteiger charge is -2.19. The highest BCUT2D eigenvalue weighted by Gasteiger charge is 2.30. The molecule has 0 saturated carbocycles. The molecule has 8 nitrogen and oxygen atoms in total. The quantitative estimate of drug-likeness (QED) is 0.168. The predicted octanol–water partition coefficient (Wildman–Crippen LogP) is 3.95. The third-order valence-electron chi connectivity index (χ3n) is 6.36. The number of nitrogens with two attached hydrogens (primary N) is 1. The van der Waals surface area contributed by atoms with Gasteiger partial charge in [-0.2, -0.15) is 0 Å². The van der Waals surface area contributed by atoms with Crippen LogP contribution in [0.5, 0.6) is 0 Å². The maximum absolute atomic E-state index is 12.9. The van der Waals surface area contributed by atoms with E-state index < -0.39 is 18.1 Å². The standard InChI is InChI=1S/C29H32N4O4/c1-31-28(30)32-17-9-16-26(27(34)36-18-20-10-3-2-4-11-20)33-29(35)37-19-25-23-14-7-5-12-21(23)22-13-6-8-15-24(22)25/h2-8,10-15,25-26H,9,16-19H2,1H3,(H,33,35)(H3,30,31,32)/t26-/m1/s1. The summed E-state index contributed by atoms with van der Waals surface area (Å²) in [6, 6.07) is 24.8. The van der Waals surface area contributed by atoms with Gasteiger partial charge in [-0.1, -0.05) is 78.9 Å². The highest BCUT2D eigenvalue weighted by atomic mass is 16.6. The van der Waals surface area contributed by atoms with Gasteiger partial charge in [-0.05, 0) is 40.7 Å². The molecule has 0 unspecified atom stereocenters. The van der Waals surface area contributed by atoms with Crippen LogP contribution in [0.4, 0.5) is 4.79 Å². The molecule has 1 aliphatic carbocycles. The minimum atomic E-state index is -0.860. The topological polar surface area (TPSA) is 115 Å². The Balaban J connectivity index is 1.37. The number of carbonyl (C=O) groups excluding carboxylic acids is 2. The second-order valence-electron chi connectivity index (χ2n) is 8.79. The fourth-order valence-electron chi connectivity index (χ4n) is 4.46. The number of carbonyl (C=O) groups is 2. The third-order valence-corrected chi connectivity index (χ3v) is 6.36. The summed E-state index contributed by atoms with van der Waals surface area (Å²) < 4.78 is 11.1.